The van der Waals surface area contributed by atoms with Gasteiger partial charge in [0.2, 0.25) is 0 Å². The summed E-state index contributed by atoms with van der Waals surface area (Å²) < 4.78 is 0. The van der Waals surface area contributed by atoms with E-state index >= 15 is 0 Å². The van der Waals surface area contributed by atoms with E-state index in [-0.39, 0.29) is 5.57 Å². The third-order valence-corrected chi connectivity index (χ3v) is 3.50. The van der Waals surface area contributed by atoms with Crippen LogP contribution in [0.25, 0.3) is 0 Å². The van der Waals surface area contributed by atoms with E-state index in [0.717, 1.165) is 24.7 Å². The molecule has 2 N–H and O–H groups in total. The van der Waals surface area contributed by atoms with Crippen molar-refractivity contribution < 1.29 is 9.90 Å². The highest BCUT2D eigenvalue weighted by molar-refractivity contribution is 5.86. The molecule has 0 radical (unpaired) electrons. The summed E-state index contributed by atoms with van der Waals surface area (Å²) >= 11 is 0. The first-order valence-electron chi connectivity index (χ1n) is 5.65. The standard InChI is InChI=1S/C12H21NO2/c1-8-4-5-11(6-9(8)2)13-7-10(3)12(14)15/h8-9,11,13H,3-7H2,1-2H3,(H,14,15). The highest BCUT2D eigenvalue weighted by atomic mass is 16.4. The Kier molecular flexibility index (Phi) is 4.33. The molecule has 0 heterocycles. The number of carboxylic acid groups (broad SMARTS) is 1. The molecule has 15 heavy (non-hydrogen) atoms. The summed E-state index contributed by atoms with van der Waals surface area (Å²) in [6.07, 6.45) is 3.53. The molecular weight excluding hydrogens is 190 g/mol. The maximum atomic E-state index is 10.5. The van der Waals surface area contributed by atoms with Crippen molar-refractivity contribution in [3.63, 3.8) is 0 Å². The van der Waals surface area contributed by atoms with Gasteiger partial charge in [0.25, 0.3) is 0 Å². The van der Waals surface area contributed by atoms with Crippen LogP contribution in [0, 0.1) is 11.8 Å². The summed E-state index contributed by atoms with van der Waals surface area (Å²) in [6.45, 7) is 8.47. The Morgan fingerprint density at radius 1 is 1.40 bits per heavy atom. The summed E-state index contributed by atoms with van der Waals surface area (Å²) in [5.41, 5.74) is 0.251. The topological polar surface area (TPSA) is 49.3 Å². The molecule has 3 atom stereocenters. The zero-order valence-electron chi connectivity index (χ0n) is 9.62. The number of aliphatic carboxylic acids is 1. The van der Waals surface area contributed by atoms with Crippen LogP contribution in [-0.2, 0) is 4.79 Å². The Labute approximate surface area is 91.6 Å². The van der Waals surface area contributed by atoms with Crippen LogP contribution < -0.4 is 5.32 Å². The molecule has 86 valence electrons. The molecule has 1 saturated carbocycles. The van der Waals surface area contributed by atoms with Gasteiger partial charge in [-0.05, 0) is 31.1 Å². The van der Waals surface area contributed by atoms with Crippen molar-refractivity contribution in [1.29, 1.82) is 0 Å². The molecule has 0 aromatic rings. The van der Waals surface area contributed by atoms with Gasteiger partial charge >= 0.3 is 5.97 Å². The van der Waals surface area contributed by atoms with Gasteiger partial charge in [-0.15, -0.1) is 0 Å². The van der Waals surface area contributed by atoms with Crippen LogP contribution in [-0.4, -0.2) is 23.7 Å². The predicted molar refractivity (Wildman–Crippen MR) is 60.7 cm³/mol. The number of hydrogen-bond acceptors (Lipinski definition) is 2. The normalized spacial score (nSPS) is 31.2. The van der Waals surface area contributed by atoms with Crippen molar-refractivity contribution in [3.05, 3.63) is 12.2 Å². The molecule has 0 bridgehead atoms. The van der Waals surface area contributed by atoms with E-state index < -0.39 is 5.97 Å². The predicted octanol–water partition coefficient (Wildman–Crippen LogP) is 2.04. The number of carboxylic acids is 1. The summed E-state index contributed by atoms with van der Waals surface area (Å²) in [5.74, 6) is 0.625. The molecular formula is C12H21NO2. The second kappa shape index (κ2) is 5.31. The van der Waals surface area contributed by atoms with Crippen molar-refractivity contribution in [3.8, 4) is 0 Å². The minimum atomic E-state index is -0.903. The summed E-state index contributed by atoms with van der Waals surface area (Å²) in [4.78, 5) is 10.5. The van der Waals surface area contributed by atoms with Gasteiger partial charge in [0.05, 0.1) is 0 Å². The summed E-state index contributed by atoms with van der Waals surface area (Å²) in [5, 5.41) is 11.9. The molecule has 0 spiro atoms. The fourth-order valence-corrected chi connectivity index (χ4v) is 2.08. The molecule has 1 fully saturated rings. The van der Waals surface area contributed by atoms with Crippen molar-refractivity contribution in [2.24, 2.45) is 11.8 Å². The zero-order valence-corrected chi connectivity index (χ0v) is 9.62. The average molecular weight is 211 g/mol. The molecule has 0 amide bonds. The molecule has 1 rings (SSSR count). The lowest BCUT2D eigenvalue weighted by Gasteiger charge is -2.32. The molecule has 0 aromatic carbocycles. The van der Waals surface area contributed by atoms with E-state index in [4.69, 9.17) is 5.11 Å². The SMILES string of the molecule is C=C(CNC1CCC(C)C(C)C1)C(=O)O. The molecule has 1 aliphatic carbocycles. The average Bonchev–Trinajstić information content (AvgIpc) is 2.19. The van der Waals surface area contributed by atoms with E-state index in [0.29, 0.717) is 12.6 Å². The lowest BCUT2D eigenvalue weighted by atomic mass is 9.79. The van der Waals surface area contributed by atoms with Crippen LogP contribution in [0.3, 0.4) is 0 Å². The first-order chi connectivity index (χ1) is 7.00. The number of hydrogen-bond donors (Lipinski definition) is 2. The third kappa shape index (κ3) is 3.67. The highest BCUT2D eigenvalue weighted by Crippen LogP contribution is 2.29. The monoisotopic (exact) mass is 211 g/mol. The van der Waals surface area contributed by atoms with Gasteiger partial charge in [-0.1, -0.05) is 20.4 Å². The van der Waals surface area contributed by atoms with Gasteiger partial charge in [-0.25, -0.2) is 4.79 Å². The van der Waals surface area contributed by atoms with Crippen LogP contribution in [0.4, 0.5) is 0 Å². The lowest BCUT2D eigenvalue weighted by Crippen LogP contribution is -2.37. The largest absolute Gasteiger partial charge is 0.478 e. The molecule has 3 nitrogen and oxygen atoms in total. The van der Waals surface area contributed by atoms with Gasteiger partial charge < -0.3 is 10.4 Å². The van der Waals surface area contributed by atoms with Gasteiger partial charge in [-0.3, -0.25) is 0 Å². The Hall–Kier alpha value is -0.830. The van der Waals surface area contributed by atoms with Gasteiger partial charge in [-0.2, -0.15) is 0 Å². The Morgan fingerprint density at radius 3 is 2.60 bits per heavy atom. The molecule has 0 aromatic heterocycles. The van der Waals surface area contributed by atoms with E-state index in [1.165, 1.54) is 6.42 Å². The van der Waals surface area contributed by atoms with Crippen LogP contribution in [0.1, 0.15) is 33.1 Å². The fourth-order valence-electron chi connectivity index (χ4n) is 2.08. The van der Waals surface area contributed by atoms with Gasteiger partial charge in [0.1, 0.15) is 0 Å². The number of carbonyl (C=O) groups is 1. The molecule has 0 aliphatic heterocycles. The maximum absolute atomic E-state index is 10.5. The van der Waals surface area contributed by atoms with Crippen molar-refractivity contribution >= 4 is 5.97 Å². The summed E-state index contributed by atoms with van der Waals surface area (Å²) in [6, 6.07) is 0.465. The van der Waals surface area contributed by atoms with E-state index in [1.807, 2.05) is 0 Å². The molecule has 1 aliphatic rings. The van der Waals surface area contributed by atoms with Crippen molar-refractivity contribution in [2.45, 2.75) is 39.2 Å². The second-order valence-corrected chi connectivity index (χ2v) is 4.75. The van der Waals surface area contributed by atoms with Crippen LogP contribution >= 0.6 is 0 Å². The molecule has 3 heteroatoms. The first kappa shape index (κ1) is 12.2. The number of nitrogens with one attached hydrogen (secondary N) is 1. The minimum absolute atomic E-state index is 0.251. The van der Waals surface area contributed by atoms with Crippen LogP contribution in [0.15, 0.2) is 12.2 Å². The fraction of sp³-hybridized carbons (Fsp3) is 0.750. The molecule has 0 saturated heterocycles. The van der Waals surface area contributed by atoms with E-state index in [1.54, 1.807) is 0 Å². The Balaban J connectivity index is 2.28. The quantitative estimate of drug-likeness (QED) is 0.700. The number of rotatable bonds is 4. The smallest absolute Gasteiger partial charge is 0.332 e. The Bertz CT molecular complexity index is 250. The highest BCUT2D eigenvalue weighted by Gasteiger charge is 2.24. The second-order valence-electron chi connectivity index (χ2n) is 4.75. The lowest BCUT2D eigenvalue weighted by molar-refractivity contribution is -0.132. The zero-order chi connectivity index (χ0) is 11.4. The maximum Gasteiger partial charge on any atom is 0.332 e. The van der Waals surface area contributed by atoms with Crippen molar-refractivity contribution in [2.75, 3.05) is 6.54 Å². The van der Waals surface area contributed by atoms with Crippen molar-refractivity contribution in [1.82, 2.24) is 5.32 Å². The summed E-state index contributed by atoms with van der Waals surface area (Å²) in [7, 11) is 0. The first-order valence-corrected chi connectivity index (χ1v) is 5.65. The Morgan fingerprint density at radius 2 is 2.07 bits per heavy atom. The molecule has 3 unspecified atom stereocenters. The van der Waals surface area contributed by atoms with Gasteiger partial charge in [0, 0.05) is 18.2 Å². The van der Waals surface area contributed by atoms with Gasteiger partial charge in [0.15, 0.2) is 0 Å². The van der Waals surface area contributed by atoms with Crippen LogP contribution in [0.2, 0.25) is 0 Å². The third-order valence-electron chi connectivity index (χ3n) is 3.50. The van der Waals surface area contributed by atoms with E-state index in [9.17, 15) is 4.79 Å². The minimum Gasteiger partial charge on any atom is -0.478 e. The van der Waals surface area contributed by atoms with Crippen LogP contribution in [0.5, 0.6) is 0 Å². The van der Waals surface area contributed by atoms with E-state index in [2.05, 4.69) is 25.7 Å².